The molecule has 3 rings (SSSR count). The van der Waals surface area contributed by atoms with Gasteiger partial charge in [0.05, 0.1) is 15.9 Å². The molecule has 0 aromatic heterocycles. The van der Waals surface area contributed by atoms with E-state index in [1.165, 1.54) is 15.9 Å². The third kappa shape index (κ3) is 15.6. The van der Waals surface area contributed by atoms with Crippen LogP contribution in [-0.4, -0.2) is 0 Å². The van der Waals surface area contributed by atoms with Crippen LogP contribution >= 0.6 is 7.26 Å². The molecule has 0 amide bonds. The van der Waals surface area contributed by atoms with Crippen LogP contribution in [0, 0.1) is 18.3 Å². The van der Waals surface area contributed by atoms with Crippen LogP contribution in [0.5, 0.6) is 0 Å². The minimum Gasteiger partial charge on any atom is -0.501 e. The van der Waals surface area contributed by atoms with E-state index in [9.17, 15) is 0 Å². The van der Waals surface area contributed by atoms with Crippen molar-refractivity contribution in [3.63, 3.8) is 0 Å². The number of hydrogen-bond acceptors (Lipinski definition) is 0. The number of allylic oxidation sites excluding steroid dienone is 4. The van der Waals surface area contributed by atoms with Crippen LogP contribution in [0.3, 0.4) is 0 Å². The Labute approximate surface area is 372 Å². The number of benzene rings is 3. The van der Waals surface area contributed by atoms with Crippen LogP contribution < -0.4 is 15.9 Å². The van der Waals surface area contributed by atoms with Crippen molar-refractivity contribution in [2.75, 3.05) is 0 Å². The van der Waals surface area contributed by atoms with E-state index in [0.717, 1.165) is 32.1 Å². The number of rotatable bonds is 11. The molecule has 0 unspecified atom stereocenters. The number of unbranched alkanes of at least 4 members (excludes halogenated alkanes) is 2. The molecule has 3 aromatic rings. The van der Waals surface area contributed by atoms with Crippen molar-refractivity contribution in [1.29, 1.82) is 0 Å². The molecule has 0 aliphatic rings. The molecule has 0 bridgehead atoms. The molecule has 3 aromatic carbocycles. The van der Waals surface area contributed by atoms with E-state index in [-0.39, 0.29) is 196 Å². The first kappa shape index (κ1) is 47.1. The first-order chi connectivity index (χ1) is 14.9. The van der Waals surface area contributed by atoms with Crippen molar-refractivity contribution in [3.05, 3.63) is 121 Å². The van der Waals surface area contributed by atoms with Crippen LogP contribution in [0.1, 0.15) is 39.0 Å². The normalized spacial score (nSPS) is 10.0. The van der Waals surface area contributed by atoms with E-state index in [1.54, 1.807) is 0 Å². The van der Waals surface area contributed by atoms with Gasteiger partial charge in [-0.1, -0.05) is 74.4 Å². The molecule has 0 heterocycles. The molecule has 0 fully saturated rings. The summed E-state index contributed by atoms with van der Waals surface area (Å²) < 4.78 is 0. The van der Waals surface area contributed by atoms with Crippen molar-refractivity contribution in [3.8, 4) is 0 Å². The Morgan fingerprint density at radius 1 is 0.583 bits per heavy atom. The summed E-state index contributed by atoms with van der Waals surface area (Å²) >= 11 is 0. The predicted octanol–water partition coefficient (Wildman–Crippen LogP) is 6.82. The topological polar surface area (TPSA) is 0 Å². The van der Waals surface area contributed by atoms with Crippen LogP contribution in [-0.2, 0) is 196 Å². The maximum atomic E-state index is 3.45. The Morgan fingerprint density at radius 3 is 1.36 bits per heavy atom. The van der Waals surface area contributed by atoms with E-state index in [2.05, 4.69) is 128 Å². The standard InChI is InChI=1S/C29H31P.6Y/c1-2-3-4-5-6-7-8-9-19-26-30(27-20-13-10-14-21-27,28-22-15-11-16-23-28)29-24-17-12-18-25-29;;;;;;/h4,8,10-18,20-26H,2,5-6,9,19H2,1H3;;;;;;/q-2;;;;;;. The number of hydrogen-bond donors (Lipinski definition) is 0. The summed E-state index contributed by atoms with van der Waals surface area (Å²) in [6.07, 6.45) is 18.7. The first-order valence-corrected chi connectivity index (χ1v) is 12.7. The minimum absolute atomic E-state index is 0. The van der Waals surface area contributed by atoms with Gasteiger partial charge in [-0.15, -0.1) is 6.42 Å². The third-order valence-electron chi connectivity index (χ3n) is 5.13. The van der Waals surface area contributed by atoms with Crippen molar-refractivity contribution >= 4 is 23.2 Å². The SMILES string of the molecule is CC[C-]=CCC[C-]=CCC[CH-][P+](c1ccccc1)(c1ccccc1)c1ccccc1.[Y].[Y].[Y].[Y].[Y].[Y]. The zero-order chi connectivity index (χ0) is 20.9. The van der Waals surface area contributed by atoms with Gasteiger partial charge < -0.3 is 12.2 Å². The molecule has 0 aliphatic carbocycles. The average Bonchev–Trinajstić information content (AvgIpc) is 2.82. The molecule has 7 heteroatoms. The van der Waals surface area contributed by atoms with Crippen molar-refractivity contribution in [2.45, 2.75) is 39.0 Å². The summed E-state index contributed by atoms with van der Waals surface area (Å²) in [6, 6.07) is 33.1. The van der Waals surface area contributed by atoms with E-state index < -0.39 is 7.26 Å². The Bertz CT molecular complexity index is 822. The van der Waals surface area contributed by atoms with E-state index in [1.807, 2.05) is 0 Å². The van der Waals surface area contributed by atoms with Gasteiger partial charge in [-0.25, -0.2) is 0 Å². The second-order valence-electron chi connectivity index (χ2n) is 7.20. The summed E-state index contributed by atoms with van der Waals surface area (Å²) in [5.41, 5.74) is 0. The second-order valence-corrected chi connectivity index (χ2v) is 10.6. The van der Waals surface area contributed by atoms with Crippen LogP contribution in [0.25, 0.3) is 0 Å². The predicted molar refractivity (Wildman–Crippen MR) is 134 cm³/mol. The molecule has 0 atom stereocenters. The van der Waals surface area contributed by atoms with Gasteiger partial charge >= 0.3 is 0 Å². The second kappa shape index (κ2) is 29.3. The first-order valence-electron chi connectivity index (χ1n) is 10.9. The summed E-state index contributed by atoms with van der Waals surface area (Å²) in [4.78, 5) is 0. The van der Waals surface area contributed by atoms with Gasteiger partial charge in [0.15, 0.2) is 0 Å². The van der Waals surface area contributed by atoms with Crippen molar-refractivity contribution < 1.29 is 196 Å². The quantitative estimate of drug-likeness (QED) is 0.113. The maximum absolute atomic E-state index is 3.45. The summed E-state index contributed by atoms with van der Waals surface area (Å²) in [5.74, 6) is 0. The van der Waals surface area contributed by atoms with Gasteiger partial charge in [-0.3, -0.25) is 12.2 Å². The van der Waals surface area contributed by atoms with Gasteiger partial charge in [-0.05, 0) is 43.7 Å². The Kier molecular flexibility index (Phi) is 38.3. The monoisotopic (exact) mass is 944 g/mol. The largest absolute Gasteiger partial charge is 0.501 e. The van der Waals surface area contributed by atoms with E-state index in [0.29, 0.717) is 0 Å². The van der Waals surface area contributed by atoms with Gasteiger partial charge in [0.25, 0.3) is 0 Å². The zero-order valence-electron chi connectivity index (χ0n) is 21.3. The van der Waals surface area contributed by atoms with E-state index >= 15 is 0 Å². The van der Waals surface area contributed by atoms with Gasteiger partial charge in [0.1, 0.15) is 0 Å². The molecule has 0 nitrogen and oxygen atoms in total. The Morgan fingerprint density at radius 2 is 0.972 bits per heavy atom. The van der Waals surface area contributed by atoms with Crippen molar-refractivity contribution in [2.24, 2.45) is 0 Å². The average molecular weight is 944 g/mol. The zero-order valence-corrected chi connectivity index (χ0v) is 39.3. The maximum Gasteiger partial charge on any atom is 0.0750 e. The molecule has 0 aliphatic heterocycles. The summed E-state index contributed by atoms with van der Waals surface area (Å²) in [7, 11) is -1.81. The molecule has 0 saturated heterocycles. The Hall–Kier alpha value is 4.19. The van der Waals surface area contributed by atoms with Crippen molar-refractivity contribution in [1.82, 2.24) is 0 Å². The van der Waals surface area contributed by atoms with Crippen LogP contribution in [0.4, 0.5) is 0 Å². The molecule has 0 spiro atoms. The molecular formula is C29H31PY6-2. The smallest absolute Gasteiger partial charge is 0.0750 e. The van der Waals surface area contributed by atoms with Gasteiger partial charge in [0, 0.05) is 196 Å². The Balaban J connectivity index is -0.000000853. The third-order valence-corrected chi connectivity index (χ3v) is 9.27. The van der Waals surface area contributed by atoms with E-state index in [4.69, 9.17) is 0 Å². The van der Waals surface area contributed by atoms with Crippen LogP contribution in [0.2, 0.25) is 0 Å². The van der Waals surface area contributed by atoms with Gasteiger partial charge in [0.2, 0.25) is 0 Å². The molecule has 172 valence electrons. The van der Waals surface area contributed by atoms with Gasteiger partial charge in [-0.2, -0.15) is 19.0 Å². The molecule has 36 heavy (non-hydrogen) atoms. The molecule has 0 saturated carbocycles. The summed E-state index contributed by atoms with van der Waals surface area (Å²) in [6.45, 7) is 2.12. The molecule has 0 N–H and O–H groups in total. The fraction of sp³-hybridized carbons (Fsp3) is 0.207. The summed E-state index contributed by atoms with van der Waals surface area (Å²) in [5, 5.41) is 4.24. The molecule has 6 radical (unpaired) electrons. The van der Waals surface area contributed by atoms with Crippen LogP contribution in [0.15, 0.2) is 103 Å². The molecular weight excluding hydrogens is 913 g/mol. The fourth-order valence-electron chi connectivity index (χ4n) is 3.71. The minimum atomic E-state index is -1.81. The fourth-order valence-corrected chi connectivity index (χ4v) is 7.70.